The minimum absolute atomic E-state index is 0.258. The summed E-state index contributed by atoms with van der Waals surface area (Å²) >= 11 is 0. The van der Waals surface area contributed by atoms with Crippen LogP contribution >= 0.6 is 0 Å². The highest BCUT2D eigenvalue weighted by molar-refractivity contribution is 5.89. The summed E-state index contributed by atoms with van der Waals surface area (Å²) in [6.07, 6.45) is 4.49. The topological polar surface area (TPSA) is 59.0 Å². The van der Waals surface area contributed by atoms with Gasteiger partial charge >= 0.3 is 5.97 Å². The lowest BCUT2D eigenvalue weighted by atomic mass is 10.2. The van der Waals surface area contributed by atoms with E-state index >= 15 is 0 Å². The maximum absolute atomic E-state index is 11.3. The molecule has 1 aromatic rings. The zero-order chi connectivity index (χ0) is 15.8. The fraction of sp³-hybridized carbons (Fsp3) is 0.588. The molecule has 1 saturated heterocycles. The van der Waals surface area contributed by atoms with Crippen LogP contribution in [0.2, 0.25) is 0 Å². The Hall–Kier alpha value is -1.59. The molecule has 0 spiro atoms. The first-order valence-electron chi connectivity index (χ1n) is 7.90. The van der Waals surface area contributed by atoms with Gasteiger partial charge in [-0.05, 0) is 50.2 Å². The number of ether oxygens (including phenoxy) is 2. The molecule has 1 N–H and O–H groups in total. The fourth-order valence-corrected chi connectivity index (χ4v) is 2.67. The Bertz CT molecular complexity index is 452. The zero-order valence-corrected chi connectivity index (χ0v) is 13.2. The lowest BCUT2D eigenvalue weighted by Gasteiger charge is -2.23. The SMILES string of the molecule is COC(=O)c1ccc(OCC(O)CN2CCCCCC2)cc1. The van der Waals surface area contributed by atoms with Crippen LogP contribution < -0.4 is 4.74 Å². The highest BCUT2D eigenvalue weighted by Crippen LogP contribution is 2.14. The van der Waals surface area contributed by atoms with E-state index in [2.05, 4.69) is 9.64 Å². The third kappa shape index (κ3) is 5.31. The number of rotatable bonds is 6. The Morgan fingerprint density at radius 3 is 2.41 bits per heavy atom. The minimum Gasteiger partial charge on any atom is -0.491 e. The third-order valence-electron chi connectivity index (χ3n) is 3.89. The molecule has 0 aliphatic carbocycles. The molecule has 1 fully saturated rings. The normalized spacial score (nSPS) is 17.5. The molecule has 0 amide bonds. The number of hydrogen-bond donors (Lipinski definition) is 1. The van der Waals surface area contributed by atoms with Gasteiger partial charge in [-0.3, -0.25) is 0 Å². The molecule has 22 heavy (non-hydrogen) atoms. The van der Waals surface area contributed by atoms with Crippen LogP contribution in [0.4, 0.5) is 0 Å². The number of carbonyl (C=O) groups excluding carboxylic acids is 1. The number of esters is 1. The van der Waals surface area contributed by atoms with Crippen molar-refractivity contribution in [2.75, 3.05) is 33.4 Å². The molecule has 1 atom stereocenters. The second-order valence-electron chi connectivity index (χ2n) is 5.70. The molecular formula is C17H25NO4. The number of likely N-dealkylation sites (tertiary alicyclic amines) is 1. The smallest absolute Gasteiger partial charge is 0.337 e. The number of carbonyl (C=O) groups is 1. The summed E-state index contributed by atoms with van der Waals surface area (Å²) in [5.41, 5.74) is 0.486. The summed E-state index contributed by atoms with van der Waals surface area (Å²) in [7, 11) is 1.35. The van der Waals surface area contributed by atoms with Crippen molar-refractivity contribution in [1.29, 1.82) is 0 Å². The number of methoxy groups -OCH3 is 1. The van der Waals surface area contributed by atoms with Crippen molar-refractivity contribution in [3.05, 3.63) is 29.8 Å². The number of aliphatic hydroxyl groups is 1. The van der Waals surface area contributed by atoms with Crippen molar-refractivity contribution in [2.24, 2.45) is 0 Å². The number of aliphatic hydroxyl groups excluding tert-OH is 1. The number of hydrogen-bond acceptors (Lipinski definition) is 5. The van der Waals surface area contributed by atoms with Gasteiger partial charge in [-0.2, -0.15) is 0 Å². The Balaban J connectivity index is 1.75. The van der Waals surface area contributed by atoms with Crippen LogP contribution in [0.15, 0.2) is 24.3 Å². The second kappa shape index (κ2) is 8.76. The molecule has 2 rings (SSSR count). The van der Waals surface area contributed by atoms with Crippen LogP contribution in [0.1, 0.15) is 36.0 Å². The maximum Gasteiger partial charge on any atom is 0.337 e. The summed E-state index contributed by atoms with van der Waals surface area (Å²) in [6.45, 7) is 3.03. The van der Waals surface area contributed by atoms with Crippen molar-refractivity contribution in [3.63, 3.8) is 0 Å². The molecule has 0 bridgehead atoms. The lowest BCUT2D eigenvalue weighted by molar-refractivity contribution is 0.0599. The Morgan fingerprint density at radius 2 is 1.82 bits per heavy atom. The van der Waals surface area contributed by atoms with E-state index < -0.39 is 6.10 Å². The minimum atomic E-state index is -0.501. The Morgan fingerprint density at radius 1 is 1.18 bits per heavy atom. The van der Waals surface area contributed by atoms with Crippen molar-refractivity contribution in [3.8, 4) is 5.75 Å². The molecule has 0 radical (unpaired) electrons. The summed E-state index contributed by atoms with van der Waals surface area (Å²) < 4.78 is 10.2. The number of β-amino-alcohol motifs (C(OH)–C–C–N with tert-alkyl or cyclic N) is 1. The number of nitrogens with zero attached hydrogens (tertiary/aromatic N) is 1. The molecule has 1 unspecified atom stereocenters. The van der Waals surface area contributed by atoms with Gasteiger partial charge in [0, 0.05) is 6.54 Å². The summed E-state index contributed by atoms with van der Waals surface area (Å²) in [4.78, 5) is 13.6. The van der Waals surface area contributed by atoms with E-state index in [0.717, 1.165) is 13.1 Å². The number of benzene rings is 1. The van der Waals surface area contributed by atoms with Gasteiger partial charge in [0.25, 0.3) is 0 Å². The molecule has 0 saturated carbocycles. The van der Waals surface area contributed by atoms with Crippen molar-refractivity contribution in [2.45, 2.75) is 31.8 Å². The Kier molecular flexibility index (Phi) is 6.68. The van der Waals surface area contributed by atoms with Crippen molar-refractivity contribution < 1.29 is 19.4 Å². The van der Waals surface area contributed by atoms with Crippen LogP contribution in [-0.4, -0.2) is 55.4 Å². The molecule has 122 valence electrons. The monoisotopic (exact) mass is 307 g/mol. The summed E-state index contributed by atoms with van der Waals surface area (Å²) in [6, 6.07) is 6.74. The molecule has 5 heteroatoms. The van der Waals surface area contributed by atoms with Crippen LogP contribution in [0, 0.1) is 0 Å². The maximum atomic E-state index is 11.3. The lowest BCUT2D eigenvalue weighted by Crippen LogP contribution is -2.36. The molecule has 1 heterocycles. The standard InChI is InChI=1S/C17H25NO4/c1-21-17(20)14-6-8-16(9-7-14)22-13-15(19)12-18-10-4-2-3-5-11-18/h6-9,15,19H,2-5,10-13H2,1H3. The van der Waals surface area contributed by atoms with E-state index in [1.807, 2.05) is 0 Å². The van der Waals surface area contributed by atoms with Crippen molar-refractivity contribution in [1.82, 2.24) is 4.90 Å². The zero-order valence-electron chi connectivity index (χ0n) is 13.2. The summed E-state index contributed by atoms with van der Waals surface area (Å²) in [5, 5.41) is 10.1. The molecule has 0 aromatic heterocycles. The first-order chi connectivity index (χ1) is 10.7. The van der Waals surface area contributed by atoms with Gasteiger partial charge in [0.2, 0.25) is 0 Å². The largest absolute Gasteiger partial charge is 0.491 e. The van der Waals surface area contributed by atoms with Crippen LogP contribution in [0.3, 0.4) is 0 Å². The average Bonchev–Trinajstić information content (AvgIpc) is 2.81. The van der Waals surface area contributed by atoms with Gasteiger partial charge in [-0.25, -0.2) is 4.79 Å². The Labute approximate surface area is 131 Å². The quantitative estimate of drug-likeness (QED) is 0.816. The molecular weight excluding hydrogens is 282 g/mol. The van der Waals surface area contributed by atoms with Gasteiger partial charge in [0.1, 0.15) is 18.5 Å². The van der Waals surface area contributed by atoms with Crippen LogP contribution in [-0.2, 0) is 4.74 Å². The van der Waals surface area contributed by atoms with Gasteiger partial charge in [0.05, 0.1) is 12.7 Å². The van der Waals surface area contributed by atoms with E-state index in [-0.39, 0.29) is 12.6 Å². The molecule has 1 aromatic carbocycles. The fourth-order valence-electron chi connectivity index (χ4n) is 2.67. The van der Waals surface area contributed by atoms with E-state index in [0.29, 0.717) is 17.9 Å². The molecule has 1 aliphatic rings. The van der Waals surface area contributed by atoms with E-state index in [1.165, 1.54) is 32.8 Å². The molecule has 1 aliphatic heterocycles. The average molecular weight is 307 g/mol. The summed E-state index contributed by atoms with van der Waals surface area (Å²) in [5.74, 6) is 0.273. The predicted molar refractivity (Wildman–Crippen MR) is 84.2 cm³/mol. The first kappa shape index (κ1) is 16.8. The van der Waals surface area contributed by atoms with Gasteiger partial charge in [-0.15, -0.1) is 0 Å². The van der Waals surface area contributed by atoms with Gasteiger partial charge in [-0.1, -0.05) is 12.8 Å². The predicted octanol–water partition coefficient (Wildman–Crippen LogP) is 2.09. The second-order valence-corrected chi connectivity index (χ2v) is 5.70. The van der Waals surface area contributed by atoms with Gasteiger partial charge in [0.15, 0.2) is 0 Å². The van der Waals surface area contributed by atoms with Crippen LogP contribution in [0.5, 0.6) is 5.75 Å². The highest BCUT2D eigenvalue weighted by Gasteiger charge is 2.14. The third-order valence-corrected chi connectivity index (χ3v) is 3.89. The molecule has 5 nitrogen and oxygen atoms in total. The van der Waals surface area contributed by atoms with Crippen molar-refractivity contribution >= 4 is 5.97 Å². The van der Waals surface area contributed by atoms with Crippen LogP contribution in [0.25, 0.3) is 0 Å². The van der Waals surface area contributed by atoms with E-state index in [9.17, 15) is 9.90 Å². The van der Waals surface area contributed by atoms with E-state index in [1.54, 1.807) is 24.3 Å². The highest BCUT2D eigenvalue weighted by atomic mass is 16.5. The first-order valence-corrected chi connectivity index (χ1v) is 7.90. The van der Waals surface area contributed by atoms with E-state index in [4.69, 9.17) is 4.74 Å². The van der Waals surface area contributed by atoms with Gasteiger partial charge < -0.3 is 19.5 Å².